The second kappa shape index (κ2) is 5.49. The van der Waals surface area contributed by atoms with E-state index >= 15 is 0 Å². The van der Waals surface area contributed by atoms with E-state index in [1.165, 1.54) is 0 Å². The predicted molar refractivity (Wildman–Crippen MR) is 90.8 cm³/mol. The predicted octanol–water partition coefficient (Wildman–Crippen LogP) is 2.73. The summed E-state index contributed by atoms with van der Waals surface area (Å²) in [6.45, 7) is 1.99. The molecule has 0 fully saturated rings. The Morgan fingerprint density at radius 1 is 0.958 bits per heavy atom. The van der Waals surface area contributed by atoms with Crippen LogP contribution >= 0.6 is 0 Å². The normalized spacial score (nSPS) is 11.2. The van der Waals surface area contributed by atoms with Gasteiger partial charge in [-0.1, -0.05) is 12.1 Å². The minimum atomic E-state index is 0.268. The summed E-state index contributed by atoms with van der Waals surface area (Å²) < 4.78 is 3.64. The summed E-state index contributed by atoms with van der Waals surface area (Å²) in [5.74, 6) is 0.268. The molecular weight excluding hydrogens is 302 g/mol. The van der Waals surface area contributed by atoms with Crippen molar-refractivity contribution in [3.63, 3.8) is 0 Å². The van der Waals surface area contributed by atoms with Crippen LogP contribution < -0.4 is 0 Å². The van der Waals surface area contributed by atoms with Crippen molar-refractivity contribution in [2.45, 2.75) is 13.3 Å². The average Bonchev–Trinajstić information content (AvgIpc) is 3.13. The molecule has 0 aliphatic rings. The molecule has 0 spiro atoms. The molecule has 0 bridgehead atoms. The van der Waals surface area contributed by atoms with E-state index in [2.05, 4.69) is 10.1 Å². The summed E-state index contributed by atoms with van der Waals surface area (Å²) in [7, 11) is 1.89. The van der Waals surface area contributed by atoms with Crippen molar-refractivity contribution in [2.75, 3.05) is 0 Å². The van der Waals surface area contributed by atoms with Crippen LogP contribution in [0.1, 0.15) is 17.0 Å². The second-order valence-electron chi connectivity index (χ2n) is 5.85. The molecule has 0 amide bonds. The van der Waals surface area contributed by atoms with E-state index in [9.17, 15) is 5.11 Å². The number of nitrogens with zero attached hydrogens (tertiary/aromatic N) is 5. The smallest absolute Gasteiger partial charge is 0.154 e. The first-order chi connectivity index (χ1) is 11.6. The van der Waals surface area contributed by atoms with E-state index in [4.69, 9.17) is 5.10 Å². The van der Waals surface area contributed by atoms with Crippen LogP contribution in [-0.2, 0) is 13.5 Å². The first-order valence-electron chi connectivity index (χ1n) is 7.73. The van der Waals surface area contributed by atoms with Gasteiger partial charge in [0.05, 0.1) is 11.4 Å². The minimum absolute atomic E-state index is 0.268. The topological polar surface area (TPSA) is 68.2 Å². The molecule has 6 heteroatoms. The average molecular weight is 319 g/mol. The maximum absolute atomic E-state index is 9.43. The Morgan fingerprint density at radius 2 is 1.71 bits per heavy atom. The zero-order chi connectivity index (χ0) is 16.7. The number of phenols is 1. The number of rotatable bonds is 3. The summed E-state index contributed by atoms with van der Waals surface area (Å²) in [5.41, 5.74) is 5.56. The number of fused-ring (bicyclic) bond motifs is 1. The standard InChI is InChI=1S/C18H17N5O/c1-12-17(11-13-3-5-14(24)6-4-13)23-18(19-12)8-7-15(21-23)16-9-10-22(2)20-16/h3-10,24H,11H2,1-2H3. The van der Waals surface area contributed by atoms with Gasteiger partial charge in [-0.05, 0) is 42.8 Å². The molecule has 3 aromatic heterocycles. The molecule has 0 aliphatic carbocycles. The zero-order valence-corrected chi connectivity index (χ0v) is 13.5. The van der Waals surface area contributed by atoms with Crippen molar-refractivity contribution in [1.82, 2.24) is 24.4 Å². The number of aromatic hydroxyl groups is 1. The van der Waals surface area contributed by atoms with Gasteiger partial charge in [0.1, 0.15) is 17.1 Å². The highest BCUT2D eigenvalue weighted by molar-refractivity contribution is 5.56. The zero-order valence-electron chi connectivity index (χ0n) is 13.5. The van der Waals surface area contributed by atoms with Gasteiger partial charge in [-0.15, -0.1) is 0 Å². The highest BCUT2D eigenvalue weighted by Crippen LogP contribution is 2.20. The van der Waals surface area contributed by atoms with Crippen molar-refractivity contribution in [2.24, 2.45) is 7.05 Å². The summed E-state index contributed by atoms with van der Waals surface area (Å²) in [6, 6.07) is 13.1. The fraction of sp³-hybridized carbons (Fsp3) is 0.167. The number of hydrogen-bond donors (Lipinski definition) is 1. The minimum Gasteiger partial charge on any atom is -0.508 e. The molecule has 0 radical (unpaired) electrons. The molecule has 4 aromatic rings. The molecule has 0 saturated heterocycles. The Morgan fingerprint density at radius 3 is 2.42 bits per heavy atom. The van der Waals surface area contributed by atoms with Crippen LogP contribution in [-0.4, -0.2) is 29.5 Å². The van der Waals surface area contributed by atoms with Gasteiger partial charge in [0.2, 0.25) is 0 Å². The van der Waals surface area contributed by atoms with E-state index < -0.39 is 0 Å². The first-order valence-corrected chi connectivity index (χ1v) is 7.73. The molecule has 6 nitrogen and oxygen atoms in total. The fourth-order valence-electron chi connectivity index (χ4n) is 2.79. The summed E-state index contributed by atoms with van der Waals surface area (Å²) in [5, 5.41) is 18.6. The molecule has 1 N–H and O–H groups in total. The van der Waals surface area contributed by atoms with E-state index in [1.54, 1.807) is 16.8 Å². The quantitative estimate of drug-likeness (QED) is 0.630. The van der Waals surface area contributed by atoms with Crippen LogP contribution in [0.25, 0.3) is 17.0 Å². The summed E-state index contributed by atoms with van der Waals surface area (Å²) >= 11 is 0. The van der Waals surface area contributed by atoms with Gasteiger partial charge in [0.15, 0.2) is 5.65 Å². The fourth-order valence-corrected chi connectivity index (χ4v) is 2.79. The third kappa shape index (κ3) is 2.52. The highest BCUT2D eigenvalue weighted by Gasteiger charge is 2.13. The molecule has 4 rings (SSSR count). The van der Waals surface area contributed by atoms with Gasteiger partial charge in [0, 0.05) is 19.7 Å². The largest absolute Gasteiger partial charge is 0.508 e. The molecule has 0 saturated carbocycles. The number of hydrogen-bond acceptors (Lipinski definition) is 4. The van der Waals surface area contributed by atoms with Crippen LogP contribution in [0.5, 0.6) is 5.75 Å². The van der Waals surface area contributed by atoms with E-state index in [0.717, 1.165) is 34.0 Å². The van der Waals surface area contributed by atoms with Crippen LogP contribution in [0.3, 0.4) is 0 Å². The second-order valence-corrected chi connectivity index (χ2v) is 5.85. The highest BCUT2D eigenvalue weighted by atomic mass is 16.3. The molecule has 0 aliphatic heterocycles. The molecule has 0 unspecified atom stereocenters. The monoisotopic (exact) mass is 319 g/mol. The third-order valence-electron chi connectivity index (χ3n) is 4.05. The van der Waals surface area contributed by atoms with Crippen molar-refractivity contribution in [3.05, 3.63) is 65.6 Å². The van der Waals surface area contributed by atoms with Crippen LogP contribution in [0.15, 0.2) is 48.7 Å². The van der Waals surface area contributed by atoms with Gasteiger partial charge < -0.3 is 5.11 Å². The van der Waals surface area contributed by atoms with Crippen molar-refractivity contribution < 1.29 is 5.11 Å². The molecule has 3 heterocycles. The lowest BCUT2D eigenvalue weighted by atomic mass is 10.1. The Balaban J connectivity index is 1.79. The SMILES string of the molecule is Cc1nc2ccc(-c3ccn(C)n3)nn2c1Cc1ccc(O)cc1. The maximum Gasteiger partial charge on any atom is 0.154 e. The third-order valence-corrected chi connectivity index (χ3v) is 4.05. The van der Waals surface area contributed by atoms with Gasteiger partial charge in [0.25, 0.3) is 0 Å². The molecule has 120 valence electrons. The Labute approximate surface area is 139 Å². The van der Waals surface area contributed by atoms with Crippen molar-refractivity contribution >= 4 is 5.65 Å². The Hall–Kier alpha value is -3.15. The molecule has 1 aromatic carbocycles. The van der Waals surface area contributed by atoms with Crippen LogP contribution in [0.4, 0.5) is 0 Å². The van der Waals surface area contributed by atoms with Crippen molar-refractivity contribution in [3.8, 4) is 17.1 Å². The first kappa shape index (κ1) is 14.4. The number of benzene rings is 1. The van der Waals surface area contributed by atoms with Gasteiger partial charge in [-0.25, -0.2) is 9.50 Å². The lowest BCUT2D eigenvalue weighted by Crippen LogP contribution is -2.01. The van der Waals surface area contributed by atoms with Gasteiger partial charge in [-0.2, -0.15) is 10.2 Å². The lowest BCUT2D eigenvalue weighted by molar-refractivity contribution is 0.475. The van der Waals surface area contributed by atoms with Gasteiger partial charge >= 0.3 is 0 Å². The van der Waals surface area contributed by atoms with Gasteiger partial charge in [-0.3, -0.25) is 4.68 Å². The van der Waals surface area contributed by atoms with Crippen molar-refractivity contribution in [1.29, 1.82) is 0 Å². The maximum atomic E-state index is 9.43. The number of imidazole rings is 1. The number of aryl methyl sites for hydroxylation is 2. The number of aromatic nitrogens is 5. The Bertz CT molecular complexity index is 1010. The van der Waals surface area contributed by atoms with E-state index in [-0.39, 0.29) is 5.75 Å². The van der Waals surface area contributed by atoms with Crippen LogP contribution in [0.2, 0.25) is 0 Å². The summed E-state index contributed by atoms with van der Waals surface area (Å²) in [4.78, 5) is 4.59. The van der Waals surface area contributed by atoms with E-state index in [1.807, 2.05) is 55.0 Å². The van der Waals surface area contributed by atoms with Crippen LogP contribution in [0, 0.1) is 6.92 Å². The summed E-state index contributed by atoms with van der Waals surface area (Å²) in [6.07, 6.45) is 2.60. The molecule has 0 atom stereocenters. The molecular formula is C18H17N5O. The molecule has 24 heavy (non-hydrogen) atoms. The lowest BCUT2D eigenvalue weighted by Gasteiger charge is -2.04. The van der Waals surface area contributed by atoms with E-state index in [0.29, 0.717) is 6.42 Å². The number of phenolic OH excluding ortho intramolecular Hbond substituents is 1. The Kier molecular flexibility index (Phi) is 3.30.